The number of hydrogen-bond donors (Lipinski definition) is 2. The molecule has 0 bridgehead atoms. The molecule has 0 aliphatic carbocycles. The lowest BCUT2D eigenvalue weighted by molar-refractivity contribution is -0.123. The molecule has 2 aliphatic heterocycles. The van der Waals surface area contributed by atoms with Gasteiger partial charge in [-0.3, -0.25) is 9.69 Å². The molecule has 1 fully saturated rings. The average Bonchev–Trinajstić information content (AvgIpc) is 3.26. The van der Waals surface area contributed by atoms with Crippen molar-refractivity contribution in [3.05, 3.63) is 53.6 Å². The molecule has 0 spiro atoms. The topological polar surface area (TPSA) is 94.8 Å². The molecule has 2 aromatic carbocycles. The molecule has 2 atom stereocenters. The number of benzene rings is 2. The quantitative estimate of drug-likeness (QED) is 0.714. The van der Waals surface area contributed by atoms with Crippen LogP contribution in [0.15, 0.2) is 42.5 Å². The van der Waals surface area contributed by atoms with Crippen LogP contribution in [0.1, 0.15) is 30.4 Å². The summed E-state index contributed by atoms with van der Waals surface area (Å²) in [5.74, 6) is 1.45. The normalized spacial score (nSPS) is 19.0. The van der Waals surface area contributed by atoms with E-state index in [9.17, 15) is 9.90 Å². The van der Waals surface area contributed by atoms with Gasteiger partial charge in [0, 0.05) is 18.7 Å². The number of nitriles is 1. The van der Waals surface area contributed by atoms with Gasteiger partial charge in [-0.25, -0.2) is 0 Å². The van der Waals surface area contributed by atoms with Gasteiger partial charge in [-0.1, -0.05) is 6.42 Å². The molecule has 1 saturated heterocycles. The third-order valence-corrected chi connectivity index (χ3v) is 5.74. The highest BCUT2D eigenvalue weighted by Gasteiger charge is 2.30. The molecular weight excluding hydrogens is 394 g/mol. The zero-order valence-corrected chi connectivity index (χ0v) is 17.4. The van der Waals surface area contributed by atoms with Crippen LogP contribution in [-0.2, 0) is 11.2 Å². The molecule has 4 rings (SSSR count). The Balaban J connectivity index is 1.32. The molecule has 2 aliphatic rings. The van der Waals surface area contributed by atoms with E-state index in [1.807, 2.05) is 23.1 Å². The summed E-state index contributed by atoms with van der Waals surface area (Å²) in [4.78, 5) is 15.0. The number of nitrogens with zero attached hydrogens (tertiary/aromatic N) is 2. The van der Waals surface area contributed by atoms with Gasteiger partial charge < -0.3 is 19.9 Å². The Kier molecular flexibility index (Phi) is 6.70. The SMILES string of the molecule is N#Cc1ccc(OC[C@@H](O)CN2CCCC[C@@H]2C(=O)Nc2ccc3c(c2)CCO3)cc1. The highest BCUT2D eigenvalue weighted by molar-refractivity contribution is 5.95. The smallest absolute Gasteiger partial charge is 0.241 e. The first-order chi connectivity index (χ1) is 15.1. The second-order valence-electron chi connectivity index (χ2n) is 8.02. The minimum Gasteiger partial charge on any atom is -0.493 e. The van der Waals surface area contributed by atoms with Gasteiger partial charge in [0.15, 0.2) is 0 Å². The van der Waals surface area contributed by atoms with Crippen molar-refractivity contribution in [2.45, 2.75) is 37.8 Å². The minimum absolute atomic E-state index is 0.0428. The van der Waals surface area contributed by atoms with Crippen molar-refractivity contribution in [3.63, 3.8) is 0 Å². The van der Waals surface area contributed by atoms with E-state index in [1.54, 1.807) is 24.3 Å². The maximum absolute atomic E-state index is 13.0. The molecule has 1 amide bonds. The number of anilines is 1. The van der Waals surface area contributed by atoms with Crippen LogP contribution < -0.4 is 14.8 Å². The zero-order chi connectivity index (χ0) is 21.6. The van der Waals surface area contributed by atoms with Crippen LogP contribution in [0.25, 0.3) is 0 Å². The minimum atomic E-state index is -0.721. The number of nitrogens with one attached hydrogen (secondary N) is 1. The lowest BCUT2D eigenvalue weighted by atomic mass is 10.0. The summed E-state index contributed by atoms with van der Waals surface area (Å²) in [5, 5.41) is 22.4. The van der Waals surface area contributed by atoms with Gasteiger partial charge in [0.1, 0.15) is 24.2 Å². The molecule has 7 nitrogen and oxygen atoms in total. The Hall–Kier alpha value is -3.08. The molecule has 0 radical (unpaired) electrons. The highest BCUT2D eigenvalue weighted by atomic mass is 16.5. The number of carbonyl (C=O) groups excluding carboxylic acids is 1. The molecule has 0 unspecified atom stereocenters. The molecule has 162 valence electrons. The van der Waals surface area contributed by atoms with Crippen LogP contribution in [0.3, 0.4) is 0 Å². The number of ether oxygens (including phenoxy) is 2. The van der Waals surface area contributed by atoms with Crippen LogP contribution in [-0.4, -0.2) is 54.4 Å². The van der Waals surface area contributed by atoms with Gasteiger partial charge in [0.05, 0.1) is 24.3 Å². The summed E-state index contributed by atoms with van der Waals surface area (Å²) >= 11 is 0. The van der Waals surface area contributed by atoms with E-state index in [2.05, 4.69) is 11.4 Å². The second-order valence-corrected chi connectivity index (χ2v) is 8.02. The first-order valence-corrected chi connectivity index (χ1v) is 10.7. The number of carbonyl (C=O) groups is 1. The van der Waals surface area contributed by atoms with Crippen LogP contribution >= 0.6 is 0 Å². The van der Waals surface area contributed by atoms with Crippen LogP contribution in [0, 0.1) is 11.3 Å². The summed E-state index contributed by atoms with van der Waals surface area (Å²) in [6, 6.07) is 14.3. The molecule has 0 saturated carbocycles. The third kappa shape index (κ3) is 5.35. The fourth-order valence-corrected chi connectivity index (χ4v) is 4.14. The van der Waals surface area contributed by atoms with Crippen molar-refractivity contribution in [3.8, 4) is 17.6 Å². The number of amides is 1. The van der Waals surface area contributed by atoms with Crippen molar-refractivity contribution in [2.24, 2.45) is 0 Å². The van der Waals surface area contributed by atoms with E-state index < -0.39 is 6.10 Å². The monoisotopic (exact) mass is 421 g/mol. The number of aliphatic hydroxyl groups excluding tert-OH is 1. The van der Waals surface area contributed by atoms with Gasteiger partial charge >= 0.3 is 0 Å². The predicted molar refractivity (Wildman–Crippen MR) is 116 cm³/mol. The van der Waals surface area contributed by atoms with Crippen molar-refractivity contribution >= 4 is 11.6 Å². The molecule has 2 heterocycles. The number of piperidine rings is 1. The van der Waals surface area contributed by atoms with E-state index in [4.69, 9.17) is 14.7 Å². The summed E-state index contributed by atoms with van der Waals surface area (Å²) < 4.78 is 11.2. The Morgan fingerprint density at radius 1 is 1.29 bits per heavy atom. The van der Waals surface area contributed by atoms with Crippen molar-refractivity contribution in [1.29, 1.82) is 5.26 Å². The van der Waals surface area contributed by atoms with E-state index >= 15 is 0 Å². The maximum atomic E-state index is 13.0. The number of hydrogen-bond acceptors (Lipinski definition) is 6. The van der Waals surface area contributed by atoms with Crippen LogP contribution in [0.5, 0.6) is 11.5 Å². The Labute approximate surface area is 182 Å². The number of aliphatic hydroxyl groups is 1. The van der Waals surface area contributed by atoms with E-state index in [0.29, 0.717) is 24.5 Å². The number of rotatable bonds is 7. The first-order valence-electron chi connectivity index (χ1n) is 10.7. The lowest BCUT2D eigenvalue weighted by Crippen LogP contribution is -2.50. The second kappa shape index (κ2) is 9.82. The summed E-state index contributed by atoms with van der Waals surface area (Å²) in [6.45, 7) is 1.95. The summed E-state index contributed by atoms with van der Waals surface area (Å²) in [5.41, 5.74) is 2.46. The van der Waals surface area contributed by atoms with Crippen molar-refractivity contribution < 1.29 is 19.4 Å². The fourth-order valence-electron chi connectivity index (χ4n) is 4.14. The molecule has 2 N–H and O–H groups in total. The Bertz CT molecular complexity index is 954. The lowest BCUT2D eigenvalue weighted by Gasteiger charge is -2.35. The molecule has 0 aromatic heterocycles. The molecular formula is C24H27N3O4. The fraction of sp³-hybridized carbons (Fsp3) is 0.417. The largest absolute Gasteiger partial charge is 0.493 e. The van der Waals surface area contributed by atoms with Gasteiger partial charge in [-0.2, -0.15) is 5.26 Å². The Morgan fingerprint density at radius 3 is 2.94 bits per heavy atom. The van der Waals surface area contributed by atoms with Crippen molar-refractivity contribution in [1.82, 2.24) is 4.90 Å². The van der Waals surface area contributed by atoms with E-state index in [-0.39, 0.29) is 18.6 Å². The maximum Gasteiger partial charge on any atom is 0.241 e. The van der Waals surface area contributed by atoms with Gasteiger partial charge in [0.2, 0.25) is 5.91 Å². The Morgan fingerprint density at radius 2 is 2.13 bits per heavy atom. The van der Waals surface area contributed by atoms with Gasteiger partial charge in [0.25, 0.3) is 0 Å². The average molecular weight is 421 g/mol. The number of fused-ring (bicyclic) bond motifs is 1. The highest BCUT2D eigenvalue weighted by Crippen LogP contribution is 2.28. The summed E-state index contributed by atoms with van der Waals surface area (Å²) in [6.07, 6.45) is 2.90. The van der Waals surface area contributed by atoms with E-state index in [0.717, 1.165) is 49.2 Å². The van der Waals surface area contributed by atoms with Crippen LogP contribution in [0.4, 0.5) is 5.69 Å². The molecule has 2 aromatic rings. The van der Waals surface area contributed by atoms with Crippen molar-refractivity contribution in [2.75, 3.05) is 31.6 Å². The standard InChI is InChI=1S/C24H27N3O4/c25-14-17-4-7-21(8-5-17)31-16-20(28)15-27-11-2-1-3-22(27)24(29)26-19-6-9-23-18(13-19)10-12-30-23/h4-9,13,20,22,28H,1-3,10-12,15-16H2,(H,26,29)/t20-,22+/m0/s1. The van der Waals surface area contributed by atoms with Gasteiger partial charge in [-0.05, 0) is 67.4 Å². The zero-order valence-electron chi connectivity index (χ0n) is 17.4. The summed E-state index contributed by atoms with van der Waals surface area (Å²) in [7, 11) is 0. The number of likely N-dealkylation sites (tertiary alicyclic amines) is 1. The first kappa shape index (κ1) is 21.2. The molecule has 7 heteroatoms. The van der Waals surface area contributed by atoms with Gasteiger partial charge in [-0.15, -0.1) is 0 Å². The third-order valence-electron chi connectivity index (χ3n) is 5.74. The van der Waals surface area contributed by atoms with E-state index in [1.165, 1.54) is 0 Å². The van der Waals surface area contributed by atoms with Crippen LogP contribution in [0.2, 0.25) is 0 Å². The molecule has 31 heavy (non-hydrogen) atoms. The number of β-amino-alcohol motifs (C(OH)–C–C–N with tert-alkyl or cyclic N) is 1. The predicted octanol–water partition coefficient (Wildman–Crippen LogP) is 2.73.